The highest BCUT2D eigenvalue weighted by atomic mass is 32.1. The maximum Gasteiger partial charge on any atom is 0.166 e. The van der Waals surface area contributed by atoms with Crippen molar-refractivity contribution in [1.29, 1.82) is 0 Å². The van der Waals surface area contributed by atoms with Crippen LogP contribution in [0.3, 0.4) is 0 Å². The first-order valence-corrected chi connectivity index (χ1v) is 9.52. The molecule has 0 unspecified atom stereocenters. The standard InChI is InChI=1S/C18H23N3S2/c22-18(19-13-17-7-4-12-23-17)20-16-8-10-21(11-9-16)14-15-5-2-1-3-6-15/h1-7,12,16H,8-11,13-14H2,(H2,19,20,22)/p+1. The van der Waals surface area contributed by atoms with Gasteiger partial charge in [0.15, 0.2) is 5.11 Å². The van der Waals surface area contributed by atoms with Crippen molar-refractivity contribution in [3.05, 3.63) is 58.3 Å². The minimum atomic E-state index is 0.512. The SMILES string of the molecule is S=C(NCc1cccs1)NC1CC[NH+](Cc2ccccc2)CC1. The Morgan fingerprint density at radius 1 is 1.13 bits per heavy atom. The van der Waals surface area contributed by atoms with E-state index in [2.05, 4.69) is 58.5 Å². The van der Waals surface area contributed by atoms with Crippen LogP contribution in [0.25, 0.3) is 0 Å². The molecule has 0 aliphatic carbocycles. The van der Waals surface area contributed by atoms with Crippen molar-refractivity contribution in [3.63, 3.8) is 0 Å². The second-order valence-electron chi connectivity index (χ2n) is 6.09. The van der Waals surface area contributed by atoms with Crippen LogP contribution in [-0.4, -0.2) is 24.2 Å². The van der Waals surface area contributed by atoms with Gasteiger partial charge in [-0.1, -0.05) is 36.4 Å². The molecule has 1 aliphatic heterocycles. The lowest BCUT2D eigenvalue weighted by atomic mass is 10.0. The topological polar surface area (TPSA) is 28.5 Å². The van der Waals surface area contributed by atoms with E-state index in [1.807, 2.05) is 0 Å². The lowest BCUT2D eigenvalue weighted by molar-refractivity contribution is -0.918. The van der Waals surface area contributed by atoms with E-state index in [1.165, 1.54) is 36.4 Å². The zero-order chi connectivity index (χ0) is 15.9. The van der Waals surface area contributed by atoms with Crippen LogP contribution in [0.1, 0.15) is 23.3 Å². The summed E-state index contributed by atoms with van der Waals surface area (Å²) in [5.41, 5.74) is 1.43. The molecule has 1 saturated heterocycles. The molecule has 1 fully saturated rings. The van der Waals surface area contributed by atoms with Gasteiger partial charge in [-0.05, 0) is 23.7 Å². The number of thiocarbonyl (C=S) groups is 1. The molecule has 1 aromatic heterocycles. The van der Waals surface area contributed by atoms with Crippen molar-refractivity contribution in [1.82, 2.24) is 10.6 Å². The first kappa shape index (κ1) is 16.4. The van der Waals surface area contributed by atoms with Gasteiger partial charge < -0.3 is 15.5 Å². The van der Waals surface area contributed by atoms with E-state index in [0.29, 0.717) is 6.04 Å². The highest BCUT2D eigenvalue weighted by Gasteiger charge is 2.22. The van der Waals surface area contributed by atoms with Crippen LogP contribution in [-0.2, 0) is 13.1 Å². The molecule has 1 aromatic carbocycles. The second-order valence-corrected chi connectivity index (χ2v) is 7.53. The maximum absolute atomic E-state index is 5.42. The summed E-state index contributed by atoms with van der Waals surface area (Å²) < 4.78 is 0. The molecule has 3 N–H and O–H groups in total. The smallest absolute Gasteiger partial charge is 0.166 e. The van der Waals surface area contributed by atoms with Crippen LogP contribution in [0.4, 0.5) is 0 Å². The van der Waals surface area contributed by atoms with E-state index < -0.39 is 0 Å². The molecule has 3 rings (SSSR count). The maximum atomic E-state index is 5.42. The van der Waals surface area contributed by atoms with Crippen LogP contribution in [0.15, 0.2) is 47.8 Å². The number of thiophene rings is 1. The quantitative estimate of drug-likeness (QED) is 0.723. The molecule has 0 amide bonds. The van der Waals surface area contributed by atoms with E-state index in [9.17, 15) is 0 Å². The molecule has 2 aromatic rings. The second kappa shape index (κ2) is 8.43. The Kier molecular flexibility index (Phi) is 6.02. The minimum absolute atomic E-state index is 0.512. The molecule has 0 atom stereocenters. The average molecular weight is 347 g/mol. The predicted molar refractivity (Wildman–Crippen MR) is 101 cm³/mol. The molecule has 3 nitrogen and oxygen atoms in total. The highest BCUT2D eigenvalue weighted by Crippen LogP contribution is 2.07. The number of quaternary nitrogens is 1. The summed E-state index contributed by atoms with van der Waals surface area (Å²) in [5.74, 6) is 0. The van der Waals surface area contributed by atoms with E-state index in [-0.39, 0.29) is 0 Å². The number of rotatable bonds is 5. The summed E-state index contributed by atoms with van der Waals surface area (Å²) in [6.45, 7) is 4.37. The van der Waals surface area contributed by atoms with Gasteiger partial charge in [0.25, 0.3) is 0 Å². The molecule has 122 valence electrons. The highest BCUT2D eigenvalue weighted by molar-refractivity contribution is 7.80. The zero-order valence-corrected chi connectivity index (χ0v) is 14.9. The summed E-state index contributed by atoms with van der Waals surface area (Å²) in [4.78, 5) is 2.99. The predicted octanol–water partition coefficient (Wildman–Crippen LogP) is 1.96. The zero-order valence-electron chi connectivity index (χ0n) is 13.3. The Bertz CT molecular complexity index is 590. The van der Waals surface area contributed by atoms with E-state index in [1.54, 1.807) is 16.2 Å². The van der Waals surface area contributed by atoms with Crippen molar-refractivity contribution in [2.24, 2.45) is 0 Å². The molecule has 0 radical (unpaired) electrons. The van der Waals surface area contributed by atoms with Crippen molar-refractivity contribution >= 4 is 28.7 Å². The number of likely N-dealkylation sites (tertiary alicyclic amines) is 1. The van der Waals surface area contributed by atoms with Crippen LogP contribution in [0.2, 0.25) is 0 Å². The molecule has 23 heavy (non-hydrogen) atoms. The van der Waals surface area contributed by atoms with Gasteiger partial charge in [-0.25, -0.2) is 0 Å². The van der Waals surface area contributed by atoms with Crippen molar-refractivity contribution in [3.8, 4) is 0 Å². The monoisotopic (exact) mass is 346 g/mol. The van der Waals surface area contributed by atoms with Gasteiger partial charge in [0.2, 0.25) is 0 Å². The van der Waals surface area contributed by atoms with Gasteiger partial charge >= 0.3 is 0 Å². The summed E-state index contributed by atoms with van der Waals surface area (Å²) in [7, 11) is 0. The van der Waals surface area contributed by atoms with Gasteiger partial charge in [0, 0.05) is 29.3 Å². The molecule has 0 bridgehead atoms. The number of benzene rings is 1. The third kappa shape index (κ3) is 5.30. The van der Waals surface area contributed by atoms with Gasteiger partial charge in [-0.3, -0.25) is 0 Å². The molecular formula is C18H24N3S2+. The first-order chi connectivity index (χ1) is 11.3. The Hall–Kier alpha value is -1.43. The molecule has 0 saturated carbocycles. The summed E-state index contributed by atoms with van der Waals surface area (Å²) in [6, 6.07) is 15.5. The normalized spacial score (nSPS) is 20.9. The fourth-order valence-corrected chi connectivity index (χ4v) is 3.93. The third-order valence-corrected chi connectivity index (χ3v) is 5.47. The summed E-state index contributed by atoms with van der Waals surface area (Å²) >= 11 is 7.18. The average Bonchev–Trinajstić information content (AvgIpc) is 3.09. The van der Waals surface area contributed by atoms with Gasteiger partial charge in [0.05, 0.1) is 19.6 Å². The van der Waals surface area contributed by atoms with E-state index in [4.69, 9.17) is 12.2 Å². The molecule has 2 heterocycles. The van der Waals surface area contributed by atoms with E-state index >= 15 is 0 Å². The number of piperidine rings is 1. The number of nitrogens with one attached hydrogen (secondary N) is 3. The fourth-order valence-electron chi connectivity index (χ4n) is 3.05. The van der Waals surface area contributed by atoms with Crippen LogP contribution in [0, 0.1) is 0 Å². The van der Waals surface area contributed by atoms with E-state index in [0.717, 1.165) is 18.2 Å². The fraction of sp³-hybridized carbons (Fsp3) is 0.389. The Balaban J connectivity index is 1.36. The lowest BCUT2D eigenvalue weighted by Crippen LogP contribution is -3.12. The summed E-state index contributed by atoms with van der Waals surface area (Å²) in [6.07, 6.45) is 2.37. The summed E-state index contributed by atoms with van der Waals surface area (Å²) in [5, 5.41) is 9.67. The van der Waals surface area contributed by atoms with Crippen LogP contribution >= 0.6 is 23.6 Å². The molecular weight excluding hydrogens is 322 g/mol. The Morgan fingerprint density at radius 2 is 1.91 bits per heavy atom. The van der Waals surface area contributed by atoms with Crippen molar-refractivity contribution < 1.29 is 4.90 Å². The minimum Gasteiger partial charge on any atom is -0.360 e. The molecule has 0 spiro atoms. The Morgan fingerprint density at radius 3 is 2.61 bits per heavy atom. The number of hydrogen-bond acceptors (Lipinski definition) is 2. The lowest BCUT2D eigenvalue weighted by Gasteiger charge is -2.30. The van der Waals surface area contributed by atoms with Crippen LogP contribution < -0.4 is 15.5 Å². The third-order valence-electron chi connectivity index (χ3n) is 4.33. The van der Waals surface area contributed by atoms with Crippen molar-refractivity contribution in [2.45, 2.75) is 32.0 Å². The van der Waals surface area contributed by atoms with Gasteiger partial charge in [-0.2, -0.15) is 0 Å². The van der Waals surface area contributed by atoms with Crippen LogP contribution in [0.5, 0.6) is 0 Å². The largest absolute Gasteiger partial charge is 0.360 e. The molecule has 1 aliphatic rings. The molecule has 5 heteroatoms. The van der Waals surface area contributed by atoms with Crippen molar-refractivity contribution in [2.75, 3.05) is 13.1 Å². The Labute approximate surface area is 147 Å². The van der Waals surface area contributed by atoms with Gasteiger partial charge in [0.1, 0.15) is 6.54 Å². The number of hydrogen-bond donors (Lipinski definition) is 3. The first-order valence-electron chi connectivity index (χ1n) is 8.24. The van der Waals surface area contributed by atoms with Gasteiger partial charge in [-0.15, -0.1) is 11.3 Å².